The van der Waals surface area contributed by atoms with E-state index in [0.29, 0.717) is 12.6 Å². The van der Waals surface area contributed by atoms with Crippen LogP contribution < -0.4 is 20.1 Å². The second-order valence-electron chi connectivity index (χ2n) is 13.3. The first-order chi connectivity index (χ1) is 20.8. The minimum atomic E-state index is -2.69. The maximum Gasteiger partial charge on any atom is 0.319 e. The molecule has 2 aliphatic heterocycles. The highest BCUT2D eigenvalue weighted by atomic mass is 35.5. The summed E-state index contributed by atoms with van der Waals surface area (Å²) in [6.45, 7) is 18.0. The van der Waals surface area contributed by atoms with Gasteiger partial charge in [-0.15, -0.1) is 37.2 Å². The number of nitrogens with one attached hydrogen (secondary N) is 1. The Morgan fingerprint density at radius 1 is 0.848 bits per heavy atom. The van der Waals surface area contributed by atoms with Crippen molar-refractivity contribution < 1.29 is 13.9 Å². The van der Waals surface area contributed by atoms with Gasteiger partial charge in [0.15, 0.2) is 0 Å². The zero-order valence-electron chi connectivity index (χ0n) is 28.1. The fourth-order valence-corrected chi connectivity index (χ4v) is 11.2. The molecule has 0 aliphatic carbocycles. The average Bonchev–Trinajstić information content (AvgIpc) is 3.01. The lowest BCUT2D eigenvalue weighted by molar-refractivity contribution is -0.0624. The summed E-state index contributed by atoms with van der Waals surface area (Å²) in [5, 5.41) is 6.32. The van der Waals surface area contributed by atoms with Crippen LogP contribution in [0, 0.1) is 6.92 Å². The fourth-order valence-electron chi connectivity index (χ4n) is 6.77. The first kappa shape index (κ1) is 40.5. The van der Waals surface area contributed by atoms with Gasteiger partial charge < -0.3 is 19.2 Å². The molecule has 2 aliphatic rings. The van der Waals surface area contributed by atoms with Gasteiger partial charge in [0.1, 0.15) is 5.75 Å². The molecule has 3 aromatic carbocycles. The summed E-state index contributed by atoms with van der Waals surface area (Å²) in [4.78, 5) is 5.15. The van der Waals surface area contributed by atoms with Crippen molar-refractivity contribution in [2.24, 2.45) is 0 Å². The first-order valence-electron chi connectivity index (χ1n) is 16.0. The molecule has 0 amide bonds. The minimum absolute atomic E-state index is 0. The van der Waals surface area contributed by atoms with E-state index in [0.717, 1.165) is 64.6 Å². The molecule has 0 unspecified atom stereocenters. The number of ether oxygens (including phenoxy) is 2. The van der Waals surface area contributed by atoms with Crippen LogP contribution in [0.2, 0.25) is 5.04 Å². The number of benzene rings is 3. The van der Waals surface area contributed by atoms with Gasteiger partial charge in [-0.2, -0.15) is 0 Å². The third-order valence-electron chi connectivity index (χ3n) is 9.06. The molecule has 46 heavy (non-hydrogen) atoms. The van der Waals surface area contributed by atoms with Crippen molar-refractivity contribution >= 4 is 55.9 Å². The molecule has 1 N–H and O–H groups in total. The fraction of sp³-hybridized carbons (Fsp3) is 0.500. The molecule has 0 spiro atoms. The summed E-state index contributed by atoms with van der Waals surface area (Å²) < 4.78 is 18.6. The van der Waals surface area contributed by atoms with Crippen LogP contribution in [0.1, 0.15) is 31.9 Å². The van der Waals surface area contributed by atoms with Crippen LogP contribution in [-0.4, -0.2) is 96.4 Å². The van der Waals surface area contributed by atoms with Gasteiger partial charge in [-0.05, 0) is 45.9 Å². The Labute approximate surface area is 296 Å². The summed E-state index contributed by atoms with van der Waals surface area (Å²) in [5.74, 6) is 1.01. The lowest BCUT2D eigenvalue weighted by Crippen LogP contribution is -2.68. The molecule has 0 saturated carbocycles. The number of hydrogen-bond acceptors (Lipinski definition) is 6. The van der Waals surface area contributed by atoms with E-state index in [1.165, 1.54) is 21.5 Å². The Bertz CT molecular complexity index is 1260. The molecule has 3 aromatic rings. The topological polar surface area (TPSA) is 46.2 Å². The maximum absolute atomic E-state index is 7.44. The molecule has 10 heteroatoms. The monoisotopic (exact) mass is 709 g/mol. The third-order valence-corrected chi connectivity index (χ3v) is 14.0. The number of aryl methyl sites for hydroxylation is 1. The lowest BCUT2D eigenvalue weighted by atomic mass is 10.0. The number of hydrogen-bond donors (Lipinski definition) is 1. The predicted molar refractivity (Wildman–Crippen MR) is 201 cm³/mol. The predicted octanol–water partition coefficient (Wildman–Crippen LogP) is 5.36. The average molecular weight is 711 g/mol. The highest BCUT2D eigenvalue weighted by molar-refractivity contribution is 7.00. The highest BCUT2D eigenvalue weighted by Gasteiger charge is 2.52. The Balaban J connectivity index is 0.00000245. The van der Waals surface area contributed by atoms with E-state index in [9.17, 15) is 0 Å². The number of piperazine rings is 1. The molecule has 0 bridgehead atoms. The van der Waals surface area contributed by atoms with Gasteiger partial charge in [-0.1, -0.05) is 93.6 Å². The standard InChI is InChI=1S/C36H51N3O3Si.3ClH/c1-29-16-17-30(24-31-26-38(19-18-37-31)20-21-39-22-23-41-32(27-39)28-40-5)25-35(29)42-43(36(2,3)4,33-12-8-6-9-13-33)34-14-10-7-11-15-34;;;/h6-17,25,31-32,37H,18-24,26-28H2,1-5H3;3*1H/t31-,32+;;;/m1.../s1. The highest BCUT2D eigenvalue weighted by Crippen LogP contribution is 2.38. The van der Waals surface area contributed by atoms with Crippen molar-refractivity contribution in [3.8, 4) is 5.75 Å². The van der Waals surface area contributed by atoms with Gasteiger partial charge in [-0.25, -0.2) is 0 Å². The van der Waals surface area contributed by atoms with E-state index in [-0.39, 0.29) is 48.4 Å². The Morgan fingerprint density at radius 2 is 1.46 bits per heavy atom. The summed E-state index contributed by atoms with van der Waals surface area (Å²) in [6, 6.07) is 29.1. The van der Waals surface area contributed by atoms with Crippen LogP contribution in [0.3, 0.4) is 0 Å². The van der Waals surface area contributed by atoms with Crippen LogP contribution in [0.5, 0.6) is 5.75 Å². The van der Waals surface area contributed by atoms with E-state index in [4.69, 9.17) is 13.9 Å². The molecule has 6 nitrogen and oxygen atoms in total. The van der Waals surface area contributed by atoms with Crippen molar-refractivity contribution in [2.75, 3.05) is 66.1 Å². The van der Waals surface area contributed by atoms with Gasteiger partial charge in [0, 0.05) is 59.0 Å². The Hall–Kier alpha value is -1.65. The smallest absolute Gasteiger partial charge is 0.319 e. The van der Waals surface area contributed by atoms with Crippen molar-refractivity contribution in [2.45, 2.75) is 51.3 Å². The Morgan fingerprint density at radius 3 is 2.04 bits per heavy atom. The van der Waals surface area contributed by atoms with Crippen molar-refractivity contribution in [1.82, 2.24) is 15.1 Å². The summed E-state index contributed by atoms with van der Waals surface area (Å²) in [7, 11) is -0.939. The van der Waals surface area contributed by atoms with Crippen molar-refractivity contribution in [1.29, 1.82) is 0 Å². The van der Waals surface area contributed by atoms with Crippen molar-refractivity contribution in [3.63, 3.8) is 0 Å². The number of halogens is 3. The zero-order chi connectivity index (χ0) is 30.3. The van der Waals surface area contributed by atoms with Gasteiger partial charge in [-0.3, -0.25) is 9.80 Å². The lowest BCUT2D eigenvalue weighted by Gasteiger charge is -2.43. The molecule has 0 radical (unpaired) electrons. The van der Waals surface area contributed by atoms with E-state index in [1.54, 1.807) is 7.11 Å². The number of nitrogens with zero attached hydrogens (tertiary/aromatic N) is 2. The van der Waals surface area contributed by atoms with E-state index < -0.39 is 8.32 Å². The molecule has 2 fully saturated rings. The summed E-state index contributed by atoms with van der Waals surface area (Å²) in [5.41, 5.74) is 2.51. The molecular weight excluding hydrogens is 657 g/mol. The number of morpholine rings is 1. The normalized spacial score (nSPS) is 19.3. The van der Waals surface area contributed by atoms with Gasteiger partial charge in [0.25, 0.3) is 0 Å². The number of methoxy groups -OCH3 is 1. The maximum atomic E-state index is 7.44. The van der Waals surface area contributed by atoms with E-state index in [2.05, 4.69) is 122 Å². The second kappa shape index (κ2) is 18.8. The largest absolute Gasteiger partial charge is 0.534 e. The van der Waals surface area contributed by atoms with Crippen LogP contribution in [0.4, 0.5) is 0 Å². The molecule has 2 atom stereocenters. The molecular formula is C36H54Cl3N3O3Si. The van der Waals surface area contributed by atoms with E-state index >= 15 is 0 Å². The second-order valence-corrected chi connectivity index (χ2v) is 17.5. The quantitative estimate of drug-likeness (QED) is 0.271. The SMILES string of the molecule is COC[C@@H]1CN(CCN2CCN[C@H](Cc3ccc(C)c(O[Si](c4ccccc4)(c4ccccc4)C(C)(C)C)c3)C2)CCO1.Cl.Cl.Cl. The van der Waals surface area contributed by atoms with E-state index in [1.807, 2.05) is 0 Å². The van der Waals surface area contributed by atoms with Gasteiger partial charge in [0.05, 0.1) is 19.3 Å². The minimum Gasteiger partial charge on any atom is -0.534 e. The van der Waals surface area contributed by atoms with Crippen molar-refractivity contribution in [3.05, 3.63) is 90.0 Å². The molecule has 5 rings (SSSR count). The summed E-state index contributed by atoms with van der Waals surface area (Å²) >= 11 is 0. The number of rotatable bonds is 11. The van der Waals surface area contributed by atoms with Gasteiger partial charge in [0.2, 0.25) is 0 Å². The summed E-state index contributed by atoms with van der Waals surface area (Å²) in [6.07, 6.45) is 1.18. The molecule has 2 saturated heterocycles. The van der Waals surface area contributed by atoms with Crippen LogP contribution in [0.25, 0.3) is 0 Å². The molecule has 256 valence electrons. The van der Waals surface area contributed by atoms with Crippen LogP contribution in [-0.2, 0) is 15.9 Å². The molecule has 2 heterocycles. The zero-order valence-corrected chi connectivity index (χ0v) is 31.5. The Kier molecular flexibility index (Phi) is 16.5. The van der Waals surface area contributed by atoms with Crippen LogP contribution in [0.15, 0.2) is 78.9 Å². The molecule has 0 aromatic heterocycles. The third kappa shape index (κ3) is 9.94. The first-order valence-corrected chi connectivity index (χ1v) is 17.9. The van der Waals surface area contributed by atoms with Crippen LogP contribution >= 0.6 is 37.2 Å². The van der Waals surface area contributed by atoms with Gasteiger partial charge >= 0.3 is 8.32 Å².